The number of morpholine rings is 1. The molecule has 1 aliphatic rings. The normalized spacial score (nSPS) is 17.4. The number of amidine groups is 1. The fraction of sp³-hybridized carbons (Fsp3) is 0.462. The lowest BCUT2D eigenvalue weighted by Crippen LogP contribution is -2.38. The molecule has 0 bridgehead atoms. The third-order valence-electron chi connectivity index (χ3n) is 3.04. The highest BCUT2D eigenvalue weighted by Crippen LogP contribution is 2.17. The van der Waals surface area contributed by atoms with Gasteiger partial charge in [-0.15, -0.1) is 0 Å². The lowest BCUT2D eigenvalue weighted by molar-refractivity contribution is 0.0322. The largest absolute Gasteiger partial charge is 0.491 e. The second-order valence-electron chi connectivity index (χ2n) is 4.28. The number of oxime groups is 1. The summed E-state index contributed by atoms with van der Waals surface area (Å²) in [5, 5.41) is 11.7. The van der Waals surface area contributed by atoms with E-state index in [1.54, 1.807) is 6.07 Å². The number of rotatable bonds is 5. The summed E-state index contributed by atoms with van der Waals surface area (Å²) in [5.41, 5.74) is 6.21. The van der Waals surface area contributed by atoms with Crippen LogP contribution >= 0.6 is 0 Å². The van der Waals surface area contributed by atoms with Crippen molar-refractivity contribution in [2.75, 3.05) is 39.5 Å². The van der Waals surface area contributed by atoms with Gasteiger partial charge in [-0.2, -0.15) is 0 Å². The van der Waals surface area contributed by atoms with Crippen molar-refractivity contribution in [3.05, 3.63) is 29.8 Å². The number of nitrogens with zero attached hydrogens (tertiary/aromatic N) is 2. The third kappa shape index (κ3) is 3.84. The topological polar surface area (TPSA) is 80.3 Å². The molecule has 0 radical (unpaired) electrons. The van der Waals surface area contributed by atoms with Gasteiger partial charge in [-0.3, -0.25) is 4.90 Å². The summed E-state index contributed by atoms with van der Waals surface area (Å²) in [6.45, 7) is 4.83. The van der Waals surface area contributed by atoms with Crippen molar-refractivity contribution < 1.29 is 14.7 Å². The second kappa shape index (κ2) is 6.96. The number of hydrogen-bond donors (Lipinski definition) is 2. The maximum atomic E-state index is 8.73. The van der Waals surface area contributed by atoms with Crippen LogP contribution in [0, 0.1) is 0 Å². The fourth-order valence-corrected chi connectivity index (χ4v) is 1.97. The van der Waals surface area contributed by atoms with Crippen molar-refractivity contribution in [1.29, 1.82) is 0 Å². The van der Waals surface area contributed by atoms with Gasteiger partial charge in [0.2, 0.25) is 0 Å². The highest BCUT2D eigenvalue weighted by Gasteiger charge is 2.11. The van der Waals surface area contributed by atoms with Crippen LogP contribution in [0.25, 0.3) is 0 Å². The van der Waals surface area contributed by atoms with Gasteiger partial charge in [0.25, 0.3) is 0 Å². The Morgan fingerprint density at radius 2 is 2.11 bits per heavy atom. The zero-order chi connectivity index (χ0) is 13.5. The van der Waals surface area contributed by atoms with E-state index in [-0.39, 0.29) is 5.84 Å². The van der Waals surface area contributed by atoms with Gasteiger partial charge in [-0.1, -0.05) is 17.3 Å². The molecule has 2 rings (SSSR count). The van der Waals surface area contributed by atoms with Crippen molar-refractivity contribution in [3.8, 4) is 5.75 Å². The molecule has 0 unspecified atom stereocenters. The summed E-state index contributed by atoms with van der Waals surface area (Å²) in [4.78, 5) is 2.29. The summed E-state index contributed by atoms with van der Waals surface area (Å²) in [6.07, 6.45) is 0. The van der Waals surface area contributed by atoms with Crippen molar-refractivity contribution >= 4 is 5.84 Å². The molecule has 0 spiro atoms. The van der Waals surface area contributed by atoms with Crippen molar-refractivity contribution in [1.82, 2.24) is 4.90 Å². The third-order valence-corrected chi connectivity index (χ3v) is 3.04. The molecule has 0 aliphatic carbocycles. The zero-order valence-corrected chi connectivity index (χ0v) is 10.8. The number of para-hydroxylation sites is 1. The molecular weight excluding hydrogens is 246 g/mol. The van der Waals surface area contributed by atoms with Crippen LogP contribution < -0.4 is 10.5 Å². The molecule has 0 aromatic heterocycles. The standard InChI is InChI=1S/C13H19N3O3/c14-13(15-17)11-3-1-2-4-12(11)19-10-7-16-5-8-18-9-6-16/h1-4,17H,5-10H2,(H2,14,15). The molecule has 6 nitrogen and oxygen atoms in total. The number of hydrogen-bond acceptors (Lipinski definition) is 5. The van der Waals surface area contributed by atoms with Crippen LogP contribution in [0.2, 0.25) is 0 Å². The highest BCUT2D eigenvalue weighted by molar-refractivity contribution is 5.99. The quantitative estimate of drug-likeness (QED) is 0.350. The molecule has 1 aliphatic heterocycles. The van der Waals surface area contributed by atoms with E-state index >= 15 is 0 Å². The number of ether oxygens (including phenoxy) is 2. The van der Waals surface area contributed by atoms with E-state index < -0.39 is 0 Å². The van der Waals surface area contributed by atoms with Gasteiger partial charge in [-0.25, -0.2) is 0 Å². The minimum atomic E-state index is 0.0574. The first-order chi connectivity index (χ1) is 9.31. The van der Waals surface area contributed by atoms with E-state index in [1.807, 2.05) is 18.2 Å². The second-order valence-corrected chi connectivity index (χ2v) is 4.28. The summed E-state index contributed by atoms with van der Waals surface area (Å²) in [7, 11) is 0. The Labute approximate surface area is 112 Å². The van der Waals surface area contributed by atoms with Crippen LogP contribution in [0.15, 0.2) is 29.4 Å². The van der Waals surface area contributed by atoms with Gasteiger partial charge in [0.15, 0.2) is 5.84 Å². The average molecular weight is 265 g/mol. The SMILES string of the molecule is N/C(=N\O)c1ccccc1OCCN1CCOCC1. The number of nitrogens with two attached hydrogens (primary N) is 1. The predicted octanol–water partition coefficient (Wildman–Crippen LogP) is 0.492. The molecular formula is C13H19N3O3. The Morgan fingerprint density at radius 3 is 2.84 bits per heavy atom. The van der Waals surface area contributed by atoms with E-state index in [9.17, 15) is 0 Å². The van der Waals surface area contributed by atoms with E-state index in [0.29, 0.717) is 17.9 Å². The minimum Gasteiger partial charge on any atom is -0.491 e. The molecule has 1 fully saturated rings. The molecule has 0 atom stereocenters. The van der Waals surface area contributed by atoms with Crippen LogP contribution in [-0.4, -0.2) is 55.4 Å². The Bertz CT molecular complexity index is 431. The molecule has 104 valence electrons. The average Bonchev–Trinajstić information content (AvgIpc) is 2.48. The van der Waals surface area contributed by atoms with E-state index in [1.165, 1.54) is 0 Å². The van der Waals surface area contributed by atoms with Crippen molar-refractivity contribution in [3.63, 3.8) is 0 Å². The van der Waals surface area contributed by atoms with Gasteiger partial charge < -0.3 is 20.4 Å². The molecule has 0 amide bonds. The van der Waals surface area contributed by atoms with Gasteiger partial charge in [-0.05, 0) is 12.1 Å². The van der Waals surface area contributed by atoms with Gasteiger partial charge in [0, 0.05) is 19.6 Å². The Kier molecular flexibility index (Phi) is 5.00. The predicted molar refractivity (Wildman–Crippen MR) is 71.7 cm³/mol. The van der Waals surface area contributed by atoms with E-state index in [4.69, 9.17) is 20.4 Å². The Hall–Kier alpha value is -1.79. The van der Waals surface area contributed by atoms with Crippen LogP contribution in [0.1, 0.15) is 5.56 Å². The molecule has 3 N–H and O–H groups in total. The van der Waals surface area contributed by atoms with Gasteiger partial charge in [0.05, 0.1) is 18.8 Å². The molecule has 6 heteroatoms. The summed E-state index contributed by atoms with van der Waals surface area (Å²) in [5.74, 6) is 0.688. The van der Waals surface area contributed by atoms with E-state index in [2.05, 4.69) is 10.1 Å². The van der Waals surface area contributed by atoms with Crippen LogP contribution in [0.3, 0.4) is 0 Å². The summed E-state index contributed by atoms with van der Waals surface area (Å²) < 4.78 is 11.0. The van der Waals surface area contributed by atoms with Gasteiger partial charge in [0.1, 0.15) is 12.4 Å². The van der Waals surface area contributed by atoms with Crippen molar-refractivity contribution in [2.45, 2.75) is 0 Å². The van der Waals surface area contributed by atoms with Gasteiger partial charge >= 0.3 is 0 Å². The Balaban J connectivity index is 1.88. The molecule has 0 saturated carbocycles. The molecule has 1 aromatic rings. The number of benzene rings is 1. The van der Waals surface area contributed by atoms with Crippen molar-refractivity contribution in [2.24, 2.45) is 10.9 Å². The highest BCUT2D eigenvalue weighted by atomic mass is 16.5. The maximum Gasteiger partial charge on any atom is 0.173 e. The molecule has 1 heterocycles. The summed E-state index contributed by atoms with van der Waals surface area (Å²) >= 11 is 0. The van der Waals surface area contributed by atoms with Crippen LogP contribution in [0.5, 0.6) is 5.75 Å². The smallest absolute Gasteiger partial charge is 0.173 e. The first-order valence-electron chi connectivity index (χ1n) is 6.31. The lowest BCUT2D eigenvalue weighted by Gasteiger charge is -2.26. The van der Waals surface area contributed by atoms with Crippen LogP contribution in [0.4, 0.5) is 0 Å². The summed E-state index contributed by atoms with van der Waals surface area (Å²) in [6, 6.07) is 7.26. The van der Waals surface area contributed by atoms with E-state index in [0.717, 1.165) is 32.8 Å². The molecule has 19 heavy (non-hydrogen) atoms. The fourth-order valence-electron chi connectivity index (χ4n) is 1.97. The molecule has 1 saturated heterocycles. The maximum absolute atomic E-state index is 8.73. The lowest BCUT2D eigenvalue weighted by atomic mass is 10.2. The monoisotopic (exact) mass is 265 g/mol. The first kappa shape index (κ1) is 13.6. The molecule has 1 aromatic carbocycles. The first-order valence-corrected chi connectivity index (χ1v) is 6.31. The van der Waals surface area contributed by atoms with Crippen LogP contribution in [-0.2, 0) is 4.74 Å². The minimum absolute atomic E-state index is 0.0574. The zero-order valence-electron chi connectivity index (χ0n) is 10.8. The Morgan fingerprint density at radius 1 is 1.37 bits per heavy atom.